The number of aryl methyl sites for hydroxylation is 1. The van der Waals surface area contributed by atoms with E-state index in [2.05, 4.69) is 46.5 Å². The van der Waals surface area contributed by atoms with Crippen LogP contribution >= 0.6 is 0 Å². The van der Waals surface area contributed by atoms with Gasteiger partial charge in [-0.1, -0.05) is 6.58 Å². The molecule has 1 aliphatic rings. The zero-order chi connectivity index (χ0) is 17.2. The van der Waals surface area contributed by atoms with Crippen molar-refractivity contribution in [3.63, 3.8) is 0 Å². The molecule has 0 saturated carbocycles. The van der Waals surface area contributed by atoms with Gasteiger partial charge in [0.1, 0.15) is 28.4 Å². The Bertz CT molecular complexity index is 1140. The van der Waals surface area contributed by atoms with Gasteiger partial charge in [0.15, 0.2) is 17.5 Å². The minimum atomic E-state index is 0.451. The molecule has 4 rings (SSSR count). The normalized spacial score (nSPS) is 11.4. The molecule has 0 atom stereocenters. The van der Waals surface area contributed by atoms with E-state index in [1.807, 2.05) is 24.3 Å². The number of fused-ring (bicyclic) bond motifs is 6. The van der Waals surface area contributed by atoms with Crippen LogP contribution in [0.3, 0.4) is 0 Å². The Kier molecular flexibility index (Phi) is 3.62. The number of nitrogens with zero attached hydrogens (tertiary/aromatic N) is 6. The summed E-state index contributed by atoms with van der Waals surface area (Å²) >= 11 is 0. The van der Waals surface area contributed by atoms with E-state index in [1.165, 1.54) is 0 Å². The maximum Gasteiger partial charge on any atom is 0.156 e. The number of H-pyrrole nitrogens is 2. The molecule has 8 heteroatoms. The quantitative estimate of drug-likeness (QED) is 0.555. The first kappa shape index (κ1) is 14.9. The lowest BCUT2D eigenvalue weighted by molar-refractivity contribution is 1.04. The topological polar surface area (TPSA) is 109 Å². The largest absolute Gasteiger partial charge is 0.325 e. The lowest BCUT2D eigenvalue weighted by Gasteiger charge is -1.89. The van der Waals surface area contributed by atoms with Crippen LogP contribution in [0.5, 0.6) is 0 Å². The third kappa shape index (κ3) is 3.32. The molecule has 122 valence electrons. The predicted molar refractivity (Wildman–Crippen MR) is 95.9 cm³/mol. The van der Waals surface area contributed by atoms with Crippen LogP contribution in [0.4, 0.5) is 0 Å². The number of aromatic amines is 2. The summed E-state index contributed by atoms with van der Waals surface area (Å²) in [5, 5.41) is 0. The fourth-order valence-corrected chi connectivity index (χ4v) is 2.32. The summed E-state index contributed by atoms with van der Waals surface area (Å²) < 4.78 is 0. The molecule has 0 radical (unpaired) electrons. The van der Waals surface area contributed by atoms with Gasteiger partial charge in [0, 0.05) is 0 Å². The highest BCUT2D eigenvalue weighted by Gasteiger charge is 2.01. The van der Waals surface area contributed by atoms with Crippen LogP contribution in [0, 0.1) is 6.92 Å². The van der Waals surface area contributed by atoms with Crippen LogP contribution in [-0.4, -0.2) is 39.9 Å². The molecule has 0 amide bonds. The van der Waals surface area contributed by atoms with Crippen LogP contribution < -0.4 is 0 Å². The maximum absolute atomic E-state index is 4.43. The van der Waals surface area contributed by atoms with Gasteiger partial charge in [0.05, 0.1) is 0 Å². The molecular weight excluding hydrogens is 316 g/mol. The molecule has 0 aromatic carbocycles. The minimum absolute atomic E-state index is 0.451. The van der Waals surface area contributed by atoms with Crippen molar-refractivity contribution < 1.29 is 0 Å². The summed E-state index contributed by atoms with van der Waals surface area (Å²) in [5.74, 6) is 2.14. The SMILES string of the molecule is C=Cc1nc(C)nc2ccc(nc3nc(nc4ccc(n1)[nH]4)C=C3)[nH]2. The van der Waals surface area contributed by atoms with E-state index in [0.717, 1.165) is 0 Å². The van der Waals surface area contributed by atoms with Crippen molar-refractivity contribution in [2.24, 2.45) is 0 Å². The molecule has 1 aliphatic heterocycles. The molecule has 2 N–H and O–H groups in total. The third-order valence-corrected chi connectivity index (χ3v) is 3.37. The molecule has 8 nitrogen and oxygen atoms in total. The summed E-state index contributed by atoms with van der Waals surface area (Å²) in [4.78, 5) is 32.6. The van der Waals surface area contributed by atoms with Crippen LogP contribution in [0.1, 0.15) is 23.3 Å². The van der Waals surface area contributed by atoms with E-state index in [4.69, 9.17) is 0 Å². The van der Waals surface area contributed by atoms with Crippen LogP contribution in [0.2, 0.25) is 0 Å². The Hall–Kier alpha value is -3.68. The second-order valence-corrected chi connectivity index (χ2v) is 5.29. The summed E-state index contributed by atoms with van der Waals surface area (Å²) in [6, 6.07) is 7.29. The number of rotatable bonds is 1. The van der Waals surface area contributed by atoms with Gasteiger partial charge < -0.3 is 9.97 Å². The van der Waals surface area contributed by atoms with Crippen molar-refractivity contribution in [2.45, 2.75) is 6.92 Å². The Labute approximate surface area is 142 Å². The molecule has 0 fully saturated rings. The van der Waals surface area contributed by atoms with Gasteiger partial charge in [0.25, 0.3) is 0 Å². The van der Waals surface area contributed by atoms with Gasteiger partial charge in [-0.15, -0.1) is 0 Å². The highest BCUT2D eigenvalue weighted by Crippen LogP contribution is 2.08. The van der Waals surface area contributed by atoms with Gasteiger partial charge in [-0.3, -0.25) is 0 Å². The number of hydrogen-bond acceptors (Lipinski definition) is 6. The Morgan fingerprint density at radius 2 is 1.24 bits per heavy atom. The van der Waals surface area contributed by atoms with Crippen molar-refractivity contribution in [2.75, 3.05) is 0 Å². The molecule has 3 aromatic heterocycles. The molecular formula is C17H14N8. The predicted octanol–water partition coefficient (Wildman–Crippen LogP) is 2.70. The highest BCUT2D eigenvalue weighted by atomic mass is 15.0. The van der Waals surface area contributed by atoms with Gasteiger partial charge in [0.2, 0.25) is 0 Å². The number of nitrogens with one attached hydrogen (secondary N) is 2. The van der Waals surface area contributed by atoms with Crippen LogP contribution in [0.25, 0.3) is 40.8 Å². The van der Waals surface area contributed by atoms with Gasteiger partial charge in [-0.25, -0.2) is 29.9 Å². The van der Waals surface area contributed by atoms with Crippen LogP contribution in [-0.2, 0) is 0 Å². The fourth-order valence-electron chi connectivity index (χ4n) is 2.32. The lowest BCUT2D eigenvalue weighted by atomic mass is 10.5. The molecule has 0 aliphatic carbocycles. The van der Waals surface area contributed by atoms with Crippen LogP contribution in [0.15, 0.2) is 30.8 Å². The van der Waals surface area contributed by atoms with E-state index in [-0.39, 0.29) is 0 Å². The van der Waals surface area contributed by atoms with E-state index in [1.54, 1.807) is 25.2 Å². The standard InChI is InChI=1S/C17H14N8/c1-3-11-18-10(2)19-12-4-5-14(21-12)23-16-8-9-17(25-16)24-15-7-6-13(20-11)22-15/h3-9H,1H2,2H3,(H2,18,19,20,21,22,23,24,25). The third-order valence-electron chi connectivity index (χ3n) is 3.37. The Morgan fingerprint density at radius 1 is 0.720 bits per heavy atom. The molecule has 0 unspecified atom stereocenters. The van der Waals surface area contributed by atoms with Crippen molar-refractivity contribution >= 4 is 40.8 Å². The molecule has 25 heavy (non-hydrogen) atoms. The molecule has 6 bridgehead atoms. The summed E-state index contributed by atoms with van der Waals surface area (Å²) in [7, 11) is 0. The Morgan fingerprint density at radius 3 is 1.80 bits per heavy atom. The van der Waals surface area contributed by atoms with E-state index >= 15 is 0 Å². The molecule has 4 heterocycles. The first-order chi connectivity index (χ1) is 12.2. The van der Waals surface area contributed by atoms with Crippen molar-refractivity contribution in [3.05, 3.63) is 54.1 Å². The lowest BCUT2D eigenvalue weighted by Crippen LogP contribution is -1.89. The molecule has 3 aromatic rings. The van der Waals surface area contributed by atoms with Gasteiger partial charge >= 0.3 is 0 Å². The minimum Gasteiger partial charge on any atom is -0.325 e. The van der Waals surface area contributed by atoms with Crippen molar-refractivity contribution in [1.82, 2.24) is 39.9 Å². The van der Waals surface area contributed by atoms with Gasteiger partial charge in [-0.2, -0.15) is 0 Å². The molecule has 0 spiro atoms. The summed E-state index contributed by atoms with van der Waals surface area (Å²) in [5.41, 5.74) is 2.57. The first-order valence-electron chi connectivity index (χ1n) is 7.61. The Balaban J connectivity index is 2.06. The number of aromatic nitrogens is 8. The summed E-state index contributed by atoms with van der Waals surface area (Å²) in [6.45, 7) is 5.54. The summed E-state index contributed by atoms with van der Waals surface area (Å²) in [6.07, 6.45) is 5.18. The van der Waals surface area contributed by atoms with Gasteiger partial charge in [-0.05, 0) is 49.4 Å². The van der Waals surface area contributed by atoms with E-state index in [9.17, 15) is 0 Å². The van der Waals surface area contributed by atoms with E-state index in [0.29, 0.717) is 45.9 Å². The zero-order valence-electron chi connectivity index (χ0n) is 13.4. The molecule has 0 saturated heterocycles. The first-order valence-corrected chi connectivity index (χ1v) is 7.61. The average Bonchev–Trinajstić information content (AvgIpc) is 3.30. The fraction of sp³-hybridized carbons (Fsp3) is 0.0588. The van der Waals surface area contributed by atoms with Crippen molar-refractivity contribution in [1.29, 1.82) is 0 Å². The average molecular weight is 330 g/mol. The monoisotopic (exact) mass is 330 g/mol. The zero-order valence-corrected chi connectivity index (χ0v) is 13.4. The second kappa shape index (κ2) is 6.08. The smallest absolute Gasteiger partial charge is 0.156 e. The maximum atomic E-state index is 4.43. The van der Waals surface area contributed by atoms with Crippen molar-refractivity contribution in [3.8, 4) is 0 Å². The second-order valence-electron chi connectivity index (χ2n) is 5.29. The highest BCUT2D eigenvalue weighted by molar-refractivity contribution is 5.68. The van der Waals surface area contributed by atoms with E-state index < -0.39 is 0 Å². The number of hydrogen-bond donors (Lipinski definition) is 2.